The quantitative estimate of drug-likeness (QED) is 0.831. The van der Waals surface area contributed by atoms with E-state index in [2.05, 4.69) is 15.9 Å². The predicted molar refractivity (Wildman–Crippen MR) is 84.5 cm³/mol. The van der Waals surface area contributed by atoms with Gasteiger partial charge in [0.15, 0.2) is 0 Å². The summed E-state index contributed by atoms with van der Waals surface area (Å²) in [5.41, 5.74) is 1.59. The molecule has 0 saturated heterocycles. The van der Waals surface area contributed by atoms with Gasteiger partial charge in [0.05, 0.1) is 23.7 Å². The number of methoxy groups -OCH3 is 1. The van der Waals surface area contributed by atoms with Gasteiger partial charge in [-0.05, 0) is 51.7 Å². The van der Waals surface area contributed by atoms with Gasteiger partial charge in [-0.3, -0.25) is 0 Å². The van der Waals surface area contributed by atoms with Crippen molar-refractivity contribution in [1.82, 2.24) is 4.57 Å². The molecule has 0 saturated carbocycles. The lowest BCUT2D eigenvalue weighted by Crippen LogP contribution is -2.17. The average molecular weight is 404 g/mol. The number of hydrogen-bond acceptors (Lipinski definition) is 2. The van der Waals surface area contributed by atoms with Crippen LogP contribution in [0.2, 0.25) is 0 Å². The average Bonchev–Trinajstić information content (AvgIpc) is 2.84. The SMILES string of the molecule is COc1cc2c(cc1Br)-c1c(CC(F)(F)F)cc(C(=O)O)n1CC2. The van der Waals surface area contributed by atoms with Crippen LogP contribution in [0.3, 0.4) is 0 Å². The van der Waals surface area contributed by atoms with Crippen molar-refractivity contribution >= 4 is 21.9 Å². The maximum atomic E-state index is 12.9. The van der Waals surface area contributed by atoms with Gasteiger partial charge in [-0.1, -0.05) is 0 Å². The summed E-state index contributed by atoms with van der Waals surface area (Å²) in [5.74, 6) is -0.648. The van der Waals surface area contributed by atoms with Crippen LogP contribution in [0.5, 0.6) is 5.75 Å². The number of aryl methyl sites for hydroxylation is 1. The minimum Gasteiger partial charge on any atom is -0.496 e. The summed E-state index contributed by atoms with van der Waals surface area (Å²) in [5, 5.41) is 9.31. The van der Waals surface area contributed by atoms with E-state index >= 15 is 0 Å². The minimum absolute atomic E-state index is 0.0297. The van der Waals surface area contributed by atoms with Gasteiger partial charge >= 0.3 is 12.1 Å². The number of halogens is 4. The Morgan fingerprint density at radius 2 is 2.08 bits per heavy atom. The van der Waals surface area contributed by atoms with Crippen molar-refractivity contribution in [3.05, 3.63) is 39.5 Å². The molecular formula is C16H13BrF3NO3. The highest BCUT2D eigenvalue weighted by atomic mass is 79.9. The number of aromatic carboxylic acids is 1. The Morgan fingerprint density at radius 3 is 2.67 bits per heavy atom. The van der Waals surface area contributed by atoms with Gasteiger partial charge in [0, 0.05) is 12.1 Å². The normalized spacial score (nSPS) is 13.4. The molecule has 1 aliphatic rings. The summed E-state index contributed by atoms with van der Waals surface area (Å²) < 4.78 is 46.0. The largest absolute Gasteiger partial charge is 0.496 e. The number of rotatable bonds is 3. The van der Waals surface area contributed by atoms with E-state index in [9.17, 15) is 23.1 Å². The smallest absolute Gasteiger partial charge is 0.393 e. The fourth-order valence-corrected chi connectivity index (χ4v) is 3.60. The molecule has 1 aliphatic heterocycles. The summed E-state index contributed by atoms with van der Waals surface area (Å²) in [6.07, 6.45) is -5.06. The highest BCUT2D eigenvalue weighted by Crippen LogP contribution is 2.41. The number of hydrogen-bond donors (Lipinski definition) is 1. The molecule has 0 atom stereocenters. The molecule has 24 heavy (non-hydrogen) atoms. The highest BCUT2D eigenvalue weighted by Gasteiger charge is 2.34. The first-order chi connectivity index (χ1) is 11.2. The lowest BCUT2D eigenvalue weighted by Gasteiger charge is -2.23. The first kappa shape index (κ1) is 16.9. The topological polar surface area (TPSA) is 51.5 Å². The van der Waals surface area contributed by atoms with Crippen LogP contribution < -0.4 is 4.74 Å². The van der Waals surface area contributed by atoms with Crippen LogP contribution in [0.1, 0.15) is 21.6 Å². The molecule has 0 unspecified atom stereocenters. The van der Waals surface area contributed by atoms with Crippen LogP contribution in [0.25, 0.3) is 11.3 Å². The number of ether oxygens (including phenoxy) is 1. The van der Waals surface area contributed by atoms with Crippen LogP contribution in [-0.4, -0.2) is 28.9 Å². The lowest BCUT2D eigenvalue weighted by molar-refractivity contribution is -0.127. The molecule has 0 radical (unpaired) electrons. The Kier molecular flexibility index (Phi) is 4.11. The molecule has 0 amide bonds. The Morgan fingerprint density at radius 1 is 1.38 bits per heavy atom. The number of fused-ring (bicyclic) bond motifs is 3. The summed E-state index contributed by atoms with van der Waals surface area (Å²) >= 11 is 3.34. The molecule has 8 heteroatoms. The minimum atomic E-state index is -4.42. The van der Waals surface area contributed by atoms with E-state index < -0.39 is 18.6 Å². The molecule has 128 valence electrons. The Bertz CT molecular complexity index is 827. The van der Waals surface area contributed by atoms with E-state index in [-0.39, 0.29) is 11.3 Å². The van der Waals surface area contributed by atoms with E-state index in [1.54, 1.807) is 12.1 Å². The zero-order valence-corrected chi connectivity index (χ0v) is 14.2. The molecular weight excluding hydrogens is 391 g/mol. The van der Waals surface area contributed by atoms with E-state index in [0.29, 0.717) is 34.4 Å². The van der Waals surface area contributed by atoms with Gasteiger partial charge < -0.3 is 14.4 Å². The maximum absolute atomic E-state index is 12.9. The van der Waals surface area contributed by atoms with Crippen molar-refractivity contribution < 1.29 is 27.8 Å². The zero-order valence-electron chi connectivity index (χ0n) is 12.6. The van der Waals surface area contributed by atoms with Gasteiger partial charge in [-0.15, -0.1) is 0 Å². The van der Waals surface area contributed by atoms with Crippen molar-refractivity contribution in [2.24, 2.45) is 0 Å². The van der Waals surface area contributed by atoms with Gasteiger partial charge in [0.2, 0.25) is 0 Å². The third kappa shape index (κ3) is 2.90. The number of carboxylic acids is 1. The Balaban J connectivity index is 2.24. The van der Waals surface area contributed by atoms with Crippen LogP contribution in [0, 0.1) is 0 Å². The Labute approximate surface area is 144 Å². The molecule has 0 bridgehead atoms. The van der Waals surface area contributed by atoms with Crippen molar-refractivity contribution in [3.63, 3.8) is 0 Å². The first-order valence-corrected chi connectivity index (χ1v) is 7.90. The van der Waals surface area contributed by atoms with Crippen molar-refractivity contribution in [2.75, 3.05) is 7.11 Å². The van der Waals surface area contributed by atoms with Crippen molar-refractivity contribution in [3.8, 4) is 17.0 Å². The molecule has 3 rings (SSSR count). The van der Waals surface area contributed by atoms with E-state index in [1.165, 1.54) is 11.7 Å². The number of carboxylic acid groups (broad SMARTS) is 1. The fraction of sp³-hybridized carbons (Fsp3) is 0.312. The van der Waals surface area contributed by atoms with Gasteiger partial charge in [-0.25, -0.2) is 4.79 Å². The number of aromatic nitrogens is 1. The maximum Gasteiger partial charge on any atom is 0.393 e. The zero-order chi connectivity index (χ0) is 17.6. The number of nitrogens with zero attached hydrogens (tertiary/aromatic N) is 1. The second-order valence-corrected chi connectivity index (χ2v) is 6.40. The fourth-order valence-electron chi connectivity index (χ4n) is 3.10. The van der Waals surface area contributed by atoms with Gasteiger partial charge in [0.25, 0.3) is 0 Å². The molecule has 4 nitrogen and oxygen atoms in total. The van der Waals surface area contributed by atoms with Gasteiger partial charge in [-0.2, -0.15) is 13.2 Å². The van der Waals surface area contributed by atoms with Crippen LogP contribution >= 0.6 is 15.9 Å². The molecule has 2 heterocycles. The third-order valence-corrected chi connectivity index (χ3v) is 4.64. The highest BCUT2D eigenvalue weighted by molar-refractivity contribution is 9.10. The van der Waals surface area contributed by atoms with Crippen molar-refractivity contribution in [2.45, 2.75) is 25.6 Å². The van der Waals surface area contributed by atoms with Crippen LogP contribution in [0.4, 0.5) is 13.2 Å². The molecule has 2 aromatic rings. The number of alkyl halides is 3. The number of carbonyl (C=O) groups is 1. The summed E-state index contributed by atoms with van der Waals surface area (Å²) in [6, 6.07) is 4.58. The number of benzene rings is 1. The molecule has 0 aliphatic carbocycles. The first-order valence-electron chi connectivity index (χ1n) is 7.10. The van der Waals surface area contributed by atoms with E-state index in [1.807, 2.05) is 0 Å². The van der Waals surface area contributed by atoms with Crippen LogP contribution in [0.15, 0.2) is 22.7 Å². The van der Waals surface area contributed by atoms with Crippen molar-refractivity contribution in [1.29, 1.82) is 0 Å². The monoisotopic (exact) mass is 403 g/mol. The third-order valence-electron chi connectivity index (χ3n) is 4.02. The van der Waals surface area contributed by atoms with E-state index in [0.717, 1.165) is 11.6 Å². The molecule has 0 spiro atoms. The summed E-state index contributed by atoms with van der Waals surface area (Å²) in [6.45, 7) is 0.312. The summed E-state index contributed by atoms with van der Waals surface area (Å²) in [4.78, 5) is 11.4. The standard InChI is InChI=1S/C16H13BrF3NO3/c1-24-13-5-8-2-3-21-12(15(22)23)4-9(7-16(18,19)20)14(21)10(8)6-11(13)17/h4-6H,2-3,7H2,1H3,(H,22,23). The molecule has 1 aromatic carbocycles. The second kappa shape index (κ2) is 5.84. The van der Waals surface area contributed by atoms with Gasteiger partial charge in [0.1, 0.15) is 11.4 Å². The molecule has 1 aromatic heterocycles. The second-order valence-electron chi connectivity index (χ2n) is 5.55. The van der Waals surface area contributed by atoms with Crippen LogP contribution in [-0.2, 0) is 19.4 Å². The van der Waals surface area contributed by atoms with E-state index in [4.69, 9.17) is 4.74 Å². The Hall–Kier alpha value is -1.96. The molecule has 1 N–H and O–H groups in total. The summed E-state index contributed by atoms with van der Waals surface area (Å²) in [7, 11) is 1.51. The lowest BCUT2D eigenvalue weighted by atomic mass is 9.95. The molecule has 0 fully saturated rings. The predicted octanol–water partition coefficient (Wildman–Crippen LogP) is 4.29.